The highest BCUT2D eigenvalue weighted by Crippen LogP contribution is 1.95. The van der Waals surface area contributed by atoms with Gasteiger partial charge in [-0.1, -0.05) is 25.7 Å². The Morgan fingerprint density at radius 2 is 1.94 bits per heavy atom. The third-order valence-corrected chi connectivity index (χ3v) is 1.70. The quantitative estimate of drug-likeness (QED) is 0.421. The largest absolute Gasteiger partial charge is 0.465 e. The molecule has 0 aromatic heterocycles. The Morgan fingerprint density at radius 3 is 2.44 bits per heavy atom. The molecule has 1 unspecified atom stereocenters. The summed E-state index contributed by atoms with van der Waals surface area (Å²) >= 11 is 0. The molecule has 0 aromatic carbocycles. The number of carbonyl (C=O) groups is 1. The maximum Gasteiger partial charge on any atom is 0.402 e. The Morgan fingerprint density at radius 1 is 1.39 bits per heavy atom. The number of rotatable bonds is 9. The Balaban J connectivity index is 0. The van der Waals surface area contributed by atoms with E-state index < -0.39 is 12.2 Å². The van der Waals surface area contributed by atoms with Crippen LogP contribution < -0.4 is 5.73 Å². The highest BCUT2D eigenvalue weighted by atomic mass is 16.5. The molecule has 4 N–H and O–H groups in total. The van der Waals surface area contributed by atoms with Crippen molar-refractivity contribution in [1.29, 1.82) is 0 Å². The molecule has 0 radical (unpaired) electrons. The first-order chi connectivity index (χ1) is 8.54. The van der Waals surface area contributed by atoms with E-state index in [-0.39, 0.29) is 13.2 Å². The first kappa shape index (κ1) is 19.1. The number of hydrogen-bond acceptors (Lipinski definition) is 4. The van der Waals surface area contributed by atoms with Crippen LogP contribution in [0.15, 0.2) is 0 Å². The van der Waals surface area contributed by atoms with Gasteiger partial charge in [-0.05, 0) is 6.42 Å². The lowest BCUT2D eigenvalue weighted by Crippen LogP contribution is -2.22. The van der Waals surface area contributed by atoms with E-state index in [1.807, 2.05) is 0 Å². The normalized spacial score (nSPS) is 10.9. The van der Waals surface area contributed by atoms with Crippen molar-refractivity contribution in [3.8, 4) is 12.3 Å². The summed E-state index contributed by atoms with van der Waals surface area (Å²) in [5.74, 6) is 2.33. The number of nitrogens with two attached hydrogens (primary N) is 1. The highest BCUT2D eigenvalue weighted by Gasteiger charge is 2.03. The fourth-order valence-corrected chi connectivity index (χ4v) is 0.975. The van der Waals surface area contributed by atoms with Gasteiger partial charge in [0, 0.05) is 6.61 Å². The minimum absolute atomic E-state index is 0.243. The lowest BCUT2D eigenvalue weighted by Gasteiger charge is -2.10. The van der Waals surface area contributed by atoms with Gasteiger partial charge in [0.25, 0.3) is 0 Å². The van der Waals surface area contributed by atoms with Crippen molar-refractivity contribution >= 4 is 6.09 Å². The molecule has 6 heteroatoms. The first-order valence-electron chi connectivity index (χ1n) is 5.80. The van der Waals surface area contributed by atoms with Crippen LogP contribution in [-0.4, -0.2) is 48.8 Å². The molecule has 0 heterocycles. The number of amides is 1. The summed E-state index contributed by atoms with van der Waals surface area (Å²) in [5, 5.41) is 16.5. The number of unbranched alkanes of at least 4 members (excludes halogenated alkanes) is 2. The van der Waals surface area contributed by atoms with E-state index in [1.54, 1.807) is 0 Å². The molecule has 0 aromatic rings. The number of hydrogen-bond donors (Lipinski definition) is 3. The third kappa shape index (κ3) is 24.1. The lowest BCUT2D eigenvalue weighted by molar-refractivity contribution is -0.0127. The summed E-state index contributed by atoms with van der Waals surface area (Å²) in [6, 6.07) is 0. The molecule has 0 saturated carbocycles. The Kier molecular flexibility index (Phi) is 16.6. The summed E-state index contributed by atoms with van der Waals surface area (Å²) < 4.78 is 10.2. The van der Waals surface area contributed by atoms with Crippen molar-refractivity contribution in [3.05, 3.63) is 0 Å². The lowest BCUT2D eigenvalue weighted by atomic mass is 10.3. The average molecular weight is 261 g/mol. The second-order valence-electron chi connectivity index (χ2n) is 3.49. The van der Waals surface area contributed by atoms with Crippen LogP contribution in [-0.2, 0) is 9.47 Å². The van der Waals surface area contributed by atoms with Gasteiger partial charge in [0.1, 0.15) is 12.7 Å². The van der Waals surface area contributed by atoms with Crippen LogP contribution in [0.1, 0.15) is 26.2 Å². The maximum absolute atomic E-state index is 9.31. The fraction of sp³-hybridized carbons (Fsp3) is 0.750. The number of primary amides is 1. The predicted octanol–water partition coefficient (Wildman–Crippen LogP) is 0.827. The molecule has 1 amide bonds. The average Bonchev–Trinajstić information content (AvgIpc) is 2.28. The molecule has 6 nitrogen and oxygen atoms in total. The molecule has 0 aliphatic rings. The summed E-state index contributed by atoms with van der Waals surface area (Å²) in [7, 11) is 0. The van der Waals surface area contributed by atoms with Crippen LogP contribution in [0.3, 0.4) is 0 Å². The van der Waals surface area contributed by atoms with Crippen LogP contribution in [0.25, 0.3) is 0 Å². The molecular formula is C12H23NO5. The van der Waals surface area contributed by atoms with E-state index >= 15 is 0 Å². The van der Waals surface area contributed by atoms with Crippen LogP contribution in [0, 0.1) is 12.3 Å². The zero-order valence-electron chi connectivity index (χ0n) is 10.8. The van der Waals surface area contributed by atoms with Crippen molar-refractivity contribution < 1.29 is 24.5 Å². The molecule has 0 saturated heterocycles. The fourth-order valence-electron chi connectivity index (χ4n) is 0.975. The standard InChI is InChI=1S/C11H20O3.CH3NO2/c1-3-5-6-8-14-10-11(12)9-13-7-4-2;2-1(3)4/h2,11-12H,3,5-10H2,1H3;2H2,(H,3,4). The van der Waals surface area contributed by atoms with E-state index in [1.165, 1.54) is 12.8 Å². The molecule has 0 fully saturated rings. The van der Waals surface area contributed by atoms with E-state index in [2.05, 4.69) is 18.6 Å². The number of aliphatic hydroxyl groups excluding tert-OH is 1. The van der Waals surface area contributed by atoms with Gasteiger partial charge in [0.2, 0.25) is 0 Å². The maximum atomic E-state index is 9.31. The highest BCUT2D eigenvalue weighted by molar-refractivity contribution is 5.61. The molecule has 0 bridgehead atoms. The SMILES string of the molecule is C#CCOCC(O)COCCCCC.NC(=O)O. The van der Waals surface area contributed by atoms with Crippen molar-refractivity contribution in [2.45, 2.75) is 32.3 Å². The van der Waals surface area contributed by atoms with Crippen LogP contribution >= 0.6 is 0 Å². The second-order valence-corrected chi connectivity index (χ2v) is 3.49. The number of ether oxygens (including phenoxy) is 2. The summed E-state index contributed by atoms with van der Waals surface area (Å²) in [6.07, 6.45) is 6.48. The molecular weight excluding hydrogens is 238 g/mol. The van der Waals surface area contributed by atoms with Gasteiger partial charge < -0.3 is 25.4 Å². The summed E-state index contributed by atoms with van der Waals surface area (Å²) in [6.45, 7) is 3.67. The minimum atomic E-state index is -1.33. The number of terminal acetylenes is 1. The van der Waals surface area contributed by atoms with Gasteiger partial charge in [0.15, 0.2) is 0 Å². The summed E-state index contributed by atoms with van der Waals surface area (Å²) in [5.41, 5.74) is 4.03. The van der Waals surface area contributed by atoms with Crippen LogP contribution in [0.2, 0.25) is 0 Å². The van der Waals surface area contributed by atoms with Crippen molar-refractivity contribution in [2.75, 3.05) is 26.4 Å². The molecule has 1 atom stereocenters. The molecule has 18 heavy (non-hydrogen) atoms. The van der Waals surface area contributed by atoms with Gasteiger partial charge >= 0.3 is 6.09 Å². The number of aliphatic hydroxyl groups is 1. The Bertz CT molecular complexity index is 223. The molecule has 0 rings (SSSR count). The van der Waals surface area contributed by atoms with E-state index in [0.717, 1.165) is 6.42 Å². The first-order valence-corrected chi connectivity index (χ1v) is 5.80. The minimum Gasteiger partial charge on any atom is -0.465 e. The predicted molar refractivity (Wildman–Crippen MR) is 68.2 cm³/mol. The van der Waals surface area contributed by atoms with Crippen molar-refractivity contribution in [2.24, 2.45) is 5.73 Å². The van der Waals surface area contributed by atoms with Gasteiger partial charge in [-0.15, -0.1) is 6.42 Å². The topological polar surface area (TPSA) is 102 Å². The molecule has 0 aliphatic carbocycles. The van der Waals surface area contributed by atoms with Crippen LogP contribution in [0.5, 0.6) is 0 Å². The smallest absolute Gasteiger partial charge is 0.402 e. The van der Waals surface area contributed by atoms with Gasteiger partial charge in [-0.25, -0.2) is 4.79 Å². The zero-order chi connectivity index (χ0) is 14.2. The Hall–Kier alpha value is -1.29. The Labute approximate surface area is 108 Å². The van der Waals surface area contributed by atoms with Gasteiger partial charge in [-0.3, -0.25) is 0 Å². The van der Waals surface area contributed by atoms with Crippen molar-refractivity contribution in [1.82, 2.24) is 0 Å². The number of carboxylic acid groups (broad SMARTS) is 1. The van der Waals surface area contributed by atoms with E-state index in [4.69, 9.17) is 25.8 Å². The third-order valence-electron chi connectivity index (χ3n) is 1.70. The zero-order valence-corrected chi connectivity index (χ0v) is 10.8. The summed E-state index contributed by atoms with van der Waals surface area (Å²) in [4.78, 5) is 8.78. The van der Waals surface area contributed by atoms with Gasteiger partial charge in [0.05, 0.1) is 13.2 Å². The van der Waals surface area contributed by atoms with E-state index in [9.17, 15) is 5.11 Å². The van der Waals surface area contributed by atoms with Crippen molar-refractivity contribution in [3.63, 3.8) is 0 Å². The van der Waals surface area contributed by atoms with Crippen LogP contribution in [0.4, 0.5) is 4.79 Å². The molecule has 0 spiro atoms. The monoisotopic (exact) mass is 261 g/mol. The second kappa shape index (κ2) is 15.7. The van der Waals surface area contributed by atoms with Gasteiger partial charge in [-0.2, -0.15) is 0 Å². The van der Waals surface area contributed by atoms with E-state index in [0.29, 0.717) is 13.2 Å². The molecule has 0 aliphatic heterocycles. The molecule has 106 valence electrons.